The summed E-state index contributed by atoms with van der Waals surface area (Å²) in [5.41, 5.74) is 8.88. The highest BCUT2D eigenvalue weighted by atomic mass is 32.2. The zero-order valence-electron chi connectivity index (χ0n) is 25.9. The van der Waals surface area contributed by atoms with E-state index in [-0.39, 0.29) is 43.5 Å². The summed E-state index contributed by atoms with van der Waals surface area (Å²) in [5.74, 6) is 0.299. The Labute approximate surface area is 264 Å². The minimum atomic E-state index is -4.15. The number of azide groups is 1. The predicted molar refractivity (Wildman–Crippen MR) is 166 cm³/mol. The van der Waals surface area contributed by atoms with E-state index < -0.39 is 46.0 Å². The van der Waals surface area contributed by atoms with E-state index in [2.05, 4.69) is 10.0 Å². The second kappa shape index (κ2) is 15.3. The number of benzene rings is 2. The molecule has 2 aromatic rings. The van der Waals surface area contributed by atoms with Gasteiger partial charge in [0.05, 0.1) is 43.4 Å². The number of carbonyl (C=O) groups is 1. The maximum atomic E-state index is 14.2. The number of methoxy groups -OCH3 is 1. The van der Waals surface area contributed by atoms with Crippen molar-refractivity contribution in [3.8, 4) is 5.75 Å². The molecule has 0 aromatic heterocycles. The number of nitrogens with zero attached hydrogens (tertiary/aromatic N) is 5. The molecule has 2 N–H and O–H groups in total. The fourth-order valence-corrected chi connectivity index (χ4v) is 7.88. The summed E-state index contributed by atoms with van der Waals surface area (Å²) in [7, 11) is -2.66. The summed E-state index contributed by atoms with van der Waals surface area (Å²) in [6, 6.07) is 13.7. The molecule has 0 spiro atoms. The van der Waals surface area contributed by atoms with Crippen molar-refractivity contribution in [1.82, 2.24) is 9.21 Å². The minimum absolute atomic E-state index is 0.0187. The van der Waals surface area contributed by atoms with Gasteiger partial charge in [-0.15, -0.1) is 0 Å². The Bertz CT molecular complexity index is 1420. The van der Waals surface area contributed by atoms with E-state index >= 15 is 0 Å². The van der Waals surface area contributed by atoms with E-state index in [0.717, 1.165) is 5.56 Å². The second-order valence-corrected chi connectivity index (χ2v) is 14.2. The summed E-state index contributed by atoms with van der Waals surface area (Å²) < 4.78 is 46.2. The first kappa shape index (κ1) is 34.5. The third-order valence-corrected chi connectivity index (χ3v) is 10.4. The lowest BCUT2D eigenvalue weighted by Crippen LogP contribution is -2.58. The summed E-state index contributed by atoms with van der Waals surface area (Å²) in [5, 5.41) is 26.1. The van der Waals surface area contributed by atoms with Crippen molar-refractivity contribution in [3.63, 3.8) is 0 Å². The molecule has 2 fully saturated rings. The lowest BCUT2D eigenvalue weighted by atomic mass is 9.87. The molecule has 2 heterocycles. The first-order chi connectivity index (χ1) is 21.5. The zero-order chi connectivity index (χ0) is 32.6. The van der Waals surface area contributed by atoms with Crippen molar-refractivity contribution in [2.24, 2.45) is 16.4 Å². The molecule has 0 unspecified atom stereocenters. The van der Waals surface area contributed by atoms with Gasteiger partial charge in [0, 0.05) is 30.5 Å². The van der Waals surface area contributed by atoms with Crippen LogP contribution in [0.3, 0.4) is 0 Å². The number of aliphatic hydroxyl groups excluding tert-OH is 1. The van der Waals surface area contributed by atoms with Gasteiger partial charge in [0.1, 0.15) is 5.75 Å². The van der Waals surface area contributed by atoms with Gasteiger partial charge >= 0.3 is 6.09 Å². The minimum Gasteiger partial charge on any atom is -0.497 e. The van der Waals surface area contributed by atoms with E-state index in [0.29, 0.717) is 31.6 Å². The Morgan fingerprint density at radius 2 is 1.89 bits per heavy atom. The summed E-state index contributed by atoms with van der Waals surface area (Å²) in [6.45, 7) is 4.34. The van der Waals surface area contributed by atoms with E-state index in [1.165, 1.54) is 28.4 Å². The fraction of sp³-hybridized carbons (Fsp3) is 0.581. The number of hydrogen-bond acceptors (Lipinski definition) is 8. The van der Waals surface area contributed by atoms with Gasteiger partial charge in [-0.3, -0.25) is 4.90 Å². The maximum absolute atomic E-state index is 14.2. The molecule has 14 heteroatoms. The standard InChI is InChI=1S/C31H43N5O8S/c1-31(2,15-7-16-33-34-32)21-35(45(40,41)24-12-10-23(42-3)11-13-24)19-28(37)26(18-22-8-5-4-6-9-22)36(30(38)39)27-20-44-29-25(27)14-17-43-29/h4-6,8-13,25-29,37H,7,14-21H2,1-3H3,(H,38,39)/t25-,26-,27-,28+,29+/m0/s1. The van der Waals surface area contributed by atoms with Gasteiger partial charge in [0.15, 0.2) is 6.29 Å². The highest BCUT2D eigenvalue weighted by Crippen LogP contribution is 2.36. The Morgan fingerprint density at radius 1 is 1.18 bits per heavy atom. The Balaban J connectivity index is 1.69. The van der Waals surface area contributed by atoms with E-state index in [4.69, 9.17) is 19.7 Å². The Kier molecular flexibility index (Phi) is 11.7. The molecule has 0 saturated carbocycles. The Morgan fingerprint density at radius 3 is 2.53 bits per heavy atom. The van der Waals surface area contributed by atoms with Crippen molar-refractivity contribution in [2.75, 3.05) is 40.0 Å². The average Bonchev–Trinajstić information content (AvgIpc) is 3.64. The predicted octanol–water partition coefficient (Wildman–Crippen LogP) is 4.52. The van der Waals surface area contributed by atoms with Crippen LogP contribution in [0.25, 0.3) is 10.4 Å². The molecule has 2 aromatic carbocycles. The summed E-state index contributed by atoms with van der Waals surface area (Å²) >= 11 is 0. The quantitative estimate of drug-likeness (QED) is 0.116. The number of ether oxygens (including phenoxy) is 3. The lowest BCUT2D eigenvalue weighted by Gasteiger charge is -2.40. The molecule has 0 aliphatic carbocycles. The molecule has 45 heavy (non-hydrogen) atoms. The number of hydrogen-bond donors (Lipinski definition) is 2. The molecule has 246 valence electrons. The highest BCUT2D eigenvalue weighted by Gasteiger charge is 2.49. The van der Waals surface area contributed by atoms with Crippen molar-refractivity contribution in [3.05, 3.63) is 70.6 Å². The van der Waals surface area contributed by atoms with Crippen molar-refractivity contribution < 1.29 is 37.6 Å². The number of amides is 1. The average molecular weight is 646 g/mol. The molecular formula is C31H43N5O8S. The number of sulfonamides is 1. The summed E-state index contributed by atoms with van der Waals surface area (Å²) in [6.07, 6.45) is -1.25. The van der Waals surface area contributed by atoms with Gasteiger partial charge in [-0.1, -0.05) is 49.3 Å². The highest BCUT2D eigenvalue weighted by molar-refractivity contribution is 7.89. The molecule has 2 aliphatic rings. The topological polar surface area (TPSA) is 175 Å². The van der Waals surface area contributed by atoms with Gasteiger partial charge in [0.25, 0.3) is 0 Å². The van der Waals surface area contributed by atoms with Crippen LogP contribution in [0.5, 0.6) is 5.75 Å². The van der Waals surface area contributed by atoms with Crippen LogP contribution in [-0.4, -0.2) is 98.4 Å². The van der Waals surface area contributed by atoms with Crippen LogP contribution in [-0.2, 0) is 25.9 Å². The number of rotatable bonds is 16. The van der Waals surface area contributed by atoms with Crippen LogP contribution < -0.4 is 4.74 Å². The smallest absolute Gasteiger partial charge is 0.407 e. The largest absolute Gasteiger partial charge is 0.497 e. The molecule has 0 bridgehead atoms. The third kappa shape index (κ3) is 8.66. The molecule has 0 radical (unpaired) electrons. The zero-order valence-corrected chi connectivity index (χ0v) is 26.8. The van der Waals surface area contributed by atoms with Crippen LogP contribution in [0.4, 0.5) is 4.79 Å². The fourth-order valence-electron chi connectivity index (χ4n) is 6.24. The number of aliphatic hydroxyl groups is 1. The molecule has 5 atom stereocenters. The lowest BCUT2D eigenvalue weighted by molar-refractivity contribution is -0.0906. The van der Waals surface area contributed by atoms with Gasteiger partial charge < -0.3 is 24.4 Å². The van der Waals surface area contributed by atoms with E-state index in [9.17, 15) is 23.4 Å². The summed E-state index contributed by atoms with van der Waals surface area (Å²) in [4.78, 5) is 17.0. The number of fused-ring (bicyclic) bond motifs is 1. The van der Waals surface area contributed by atoms with E-state index in [1.807, 2.05) is 44.2 Å². The molecule has 4 rings (SSSR count). The van der Waals surface area contributed by atoms with Gasteiger partial charge in [-0.2, -0.15) is 4.31 Å². The normalized spacial score (nSPS) is 21.1. The van der Waals surface area contributed by atoms with Crippen LogP contribution in [0.15, 0.2) is 64.6 Å². The molecule has 2 saturated heterocycles. The van der Waals surface area contributed by atoms with Gasteiger partial charge in [-0.05, 0) is 66.5 Å². The third-order valence-electron chi connectivity index (χ3n) is 8.54. The molecule has 13 nitrogen and oxygen atoms in total. The number of carboxylic acid groups (broad SMARTS) is 1. The molecular weight excluding hydrogens is 602 g/mol. The molecule has 1 amide bonds. The monoisotopic (exact) mass is 645 g/mol. The SMILES string of the molecule is COc1ccc(S(=O)(=O)N(C[C@@H](O)[C@H](Cc2ccccc2)N(C(=O)O)[C@H]2CO[C@H]3OCC[C@H]32)CC(C)(C)CCCN=[N+]=[N-])cc1. The Hall–Kier alpha value is -3.39. The van der Waals surface area contributed by atoms with Gasteiger partial charge in [0.2, 0.25) is 10.0 Å². The first-order valence-electron chi connectivity index (χ1n) is 15.1. The van der Waals surface area contributed by atoms with Crippen molar-refractivity contribution >= 4 is 16.1 Å². The van der Waals surface area contributed by atoms with Crippen molar-refractivity contribution in [1.29, 1.82) is 0 Å². The first-order valence-corrected chi connectivity index (χ1v) is 16.5. The van der Waals surface area contributed by atoms with Crippen LogP contribution >= 0.6 is 0 Å². The van der Waals surface area contributed by atoms with Crippen molar-refractivity contribution in [2.45, 2.75) is 68.9 Å². The van der Waals surface area contributed by atoms with Crippen LogP contribution in [0.2, 0.25) is 0 Å². The van der Waals surface area contributed by atoms with Crippen LogP contribution in [0, 0.1) is 11.3 Å². The molecule has 2 aliphatic heterocycles. The van der Waals surface area contributed by atoms with Gasteiger partial charge in [-0.25, -0.2) is 13.2 Å². The maximum Gasteiger partial charge on any atom is 0.407 e. The van der Waals surface area contributed by atoms with Crippen LogP contribution in [0.1, 0.15) is 38.7 Å². The van der Waals surface area contributed by atoms with E-state index in [1.54, 1.807) is 12.1 Å². The second-order valence-electron chi connectivity index (χ2n) is 12.3.